The molecule has 2 heterocycles. The minimum absolute atomic E-state index is 0.0786. The summed E-state index contributed by atoms with van der Waals surface area (Å²) in [6.07, 6.45) is 2.46. The molecule has 0 radical (unpaired) electrons. The molecule has 1 N–H and O–H groups in total. The third kappa shape index (κ3) is 3.74. The first-order valence-corrected chi connectivity index (χ1v) is 9.68. The zero-order chi connectivity index (χ0) is 18.0. The zero-order valence-electron chi connectivity index (χ0n) is 14.3. The number of nitrogens with one attached hydrogen (secondary N) is 1. The Balaban J connectivity index is 1.76. The molecule has 1 amide bonds. The van der Waals surface area contributed by atoms with Crippen LogP contribution in [0.15, 0.2) is 33.7 Å². The van der Waals surface area contributed by atoms with Gasteiger partial charge in [0, 0.05) is 25.2 Å². The van der Waals surface area contributed by atoms with Crippen molar-refractivity contribution < 1.29 is 17.7 Å². The first-order valence-electron chi connectivity index (χ1n) is 8.20. The smallest absolute Gasteiger partial charge is 0.246 e. The molecule has 0 bridgehead atoms. The van der Waals surface area contributed by atoms with Crippen molar-refractivity contribution in [2.24, 2.45) is 0 Å². The molecule has 1 saturated heterocycles. The predicted octanol–water partition coefficient (Wildman–Crippen LogP) is 2.29. The molecule has 0 atom stereocenters. The van der Waals surface area contributed by atoms with Crippen LogP contribution >= 0.6 is 0 Å². The predicted molar refractivity (Wildman–Crippen MR) is 92.6 cm³/mol. The van der Waals surface area contributed by atoms with E-state index in [0.29, 0.717) is 18.7 Å². The summed E-state index contributed by atoms with van der Waals surface area (Å²) in [6, 6.07) is 7.37. The third-order valence-electron chi connectivity index (χ3n) is 4.25. The van der Waals surface area contributed by atoms with E-state index in [9.17, 15) is 13.2 Å². The molecule has 0 aliphatic carbocycles. The van der Waals surface area contributed by atoms with Crippen LogP contribution in [0.3, 0.4) is 0 Å². The summed E-state index contributed by atoms with van der Waals surface area (Å²) in [7, 11) is -3.71. The van der Waals surface area contributed by atoms with Gasteiger partial charge < -0.3 is 9.42 Å². The molecule has 1 fully saturated rings. The van der Waals surface area contributed by atoms with Gasteiger partial charge in [0.25, 0.3) is 0 Å². The van der Waals surface area contributed by atoms with Gasteiger partial charge in [0.1, 0.15) is 10.6 Å². The molecular formula is C17H21N3O4S. The van der Waals surface area contributed by atoms with Gasteiger partial charge in [-0.3, -0.25) is 4.79 Å². The van der Waals surface area contributed by atoms with Gasteiger partial charge in [-0.15, -0.1) is 0 Å². The standard InChI is InChI=1S/C17H21N3O4S/c1-12-17(13(2)24-19-12)25(22,23)18-11-14-6-5-7-15(10-14)20-9-4-3-8-16(20)21/h5-7,10,18H,3-4,8-9,11H2,1-2H3. The topological polar surface area (TPSA) is 92.5 Å². The molecule has 1 aliphatic heterocycles. The Kier molecular flexibility index (Phi) is 4.91. The van der Waals surface area contributed by atoms with Crippen molar-refractivity contribution in [3.8, 4) is 0 Å². The Morgan fingerprint density at radius 2 is 2.08 bits per heavy atom. The average molecular weight is 363 g/mol. The van der Waals surface area contributed by atoms with Gasteiger partial charge in [-0.25, -0.2) is 13.1 Å². The normalized spacial score (nSPS) is 15.6. The van der Waals surface area contributed by atoms with Crippen molar-refractivity contribution in [3.05, 3.63) is 41.3 Å². The Morgan fingerprint density at radius 3 is 2.76 bits per heavy atom. The molecule has 0 saturated carbocycles. The highest BCUT2D eigenvalue weighted by molar-refractivity contribution is 7.89. The van der Waals surface area contributed by atoms with Crippen molar-refractivity contribution >= 4 is 21.6 Å². The summed E-state index contributed by atoms with van der Waals surface area (Å²) >= 11 is 0. The summed E-state index contributed by atoms with van der Waals surface area (Å²) in [6.45, 7) is 3.99. The van der Waals surface area contributed by atoms with E-state index in [4.69, 9.17) is 4.52 Å². The van der Waals surface area contributed by atoms with Crippen molar-refractivity contribution in [3.63, 3.8) is 0 Å². The van der Waals surface area contributed by atoms with Crippen LogP contribution in [-0.2, 0) is 21.4 Å². The van der Waals surface area contributed by atoms with Gasteiger partial charge in [-0.1, -0.05) is 17.3 Å². The SMILES string of the molecule is Cc1noc(C)c1S(=O)(=O)NCc1cccc(N2CCCCC2=O)c1. The second-order valence-electron chi connectivity index (χ2n) is 6.15. The lowest BCUT2D eigenvalue weighted by molar-refractivity contribution is -0.119. The molecule has 0 unspecified atom stereocenters. The number of anilines is 1. The van der Waals surface area contributed by atoms with E-state index in [-0.39, 0.29) is 23.1 Å². The highest BCUT2D eigenvalue weighted by atomic mass is 32.2. The fraction of sp³-hybridized carbons (Fsp3) is 0.412. The largest absolute Gasteiger partial charge is 0.360 e. The molecule has 8 heteroatoms. The van der Waals surface area contributed by atoms with E-state index in [1.165, 1.54) is 0 Å². The maximum absolute atomic E-state index is 12.5. The fourth-order valence-corrected chi connectivity index (χ4v) is 4.36. The lowest BCUT2D eigenvalue weighted by Crippen LogP contribution is -2.35. The molecule has 0 spiro atoms. The quantitative estimate of drug-likeness (QED) is 0.880. The monoisotopic (exact) mass is 363 g/mol. The number of nitrogens with zero attached hydrogens (tertiary/aromatic N) is 2. The number of hydrogen-bond donors (Lipinski definition) is 1. The molecule has 7 nitrogen and oxygen atoms in total. The van der Waals surface area contributed by atoms with E-state index < -0.39 is 10.0 Å². The number of carbonyl (C=O) groups excluding carboxylic acids is 1. The maximum Gasteiger partial charge on any atom is 0.246 e. The van der Waals surface area contributed by atoms with Crippen molar-refractivity contribution in [2.45, 2.75) is 44.6 Å². The number of carbonyl (C=O) groups is 1. The number of benzene rings is 1. The van der Waals surface area contributed by atoms with Gasteiger partial charge in [-0.2, -0.15) is 0 Å². The van der Waals surface area contributed by atoms with Crippen molar-refractivity contribution in [2.75, 3.05) is 11.4 Å². The Hall–Kier alpha value is -2.19. The van der Waals surface area contributed by atoms with E-state index in [0.717, 1.165) is 24.1 Å². The third-order valence-corrected chi connectivity index (χ3v) is 5.89. The summed E-state index contributed by atoms with van der Waals surface area (Å²) in [5.41, 5.74) is 1.92. The van der Waals surface area contributed by atoms with Gasteiger partial charge >= 0.3 is 0 Å². The molecule has 3 rings (SSSR count). The van der Waals surface area contributed by atoms with E-state index in [1.807, 2.05) is 24.3 Å². The molecule has 25 heavy (non-hydrogen) atoms. The number of aryl methyl sites for hydroxylation is 2. The second kappa shape index (κ2) is 6.97. The number of sulfonamides is 1. The van der Waals surface area contributed by atoms with Crippen LogP contribution < -0.4 is 9.62 Å². The van der Waals surface area contributed by atoms with Gasteiger partial charge in [-0.05, 0) is 44.4 Å². The number of hydrogen-bond acceptors (Lipinski definition) is 5. The lowest BCUT2D eigenvalue weighted by Gasteiger charge is -2.27. The zero-order valence-corrected chi connectivity index (χ0v) is 15.1. The molecule has 1 aromatic heterocycles. The van der Waals surface area contributed by atoms with E-state index in [2.05, 4.69) is 9.88 Å². The highest BCUT2D eigenvalue weighted by Crippen LogP contribution is 2.23. The van der Waals surface area contributed by atoms with Crippen LogP contribution in [-0.4, -0.2) is 26.0 Å². The molecule has 2 aromatic rings. The first-order chi connectivity index (χ1) is 11.9. The summed E-state index contributed by atoms with van der Waals surface area (Å²) in [5.74, 6) is 0.373. The number of rotatable bonds is 5. The number of aromatic nitrogens is 1. The molecule has 134 valence electrons. The van der Waals surface area contributed by atoms with Crippen molar-refractivity contribution in [1.29, 1.82) is 0 Å². The minimum Gasteiger partial charge on any atom is -0.360 e. The Bertz CT molecular complexity index is 870. The Labute approximate surface area is 147 Å². The van der Waals surface area contributed by atoms with E-state index >= 15 is 0 Å². The van der Waals surface area contributed by atoms with Crippen molar-refractivity contribution in [1.82, 2.24) is 9.88 Å². The summed E-state index contributed by atoms with van der Waals surface area (Å²) < 4.78 is 32.4. The Morgan fingerprint density at radius 1 is 1.28 bits per heavy atom. The number of amides is 1. The van der Waals surface area contributed by atoms with Crippen LogP contribution in [0.25, 0.3) is 0 Å². The molecule has 1 aliphatic rings. The molecule has 1 aromatic carbocycles. The molecular weight excluding hydrogens is 342 g/mol. The summed E-state index contributed by atoms with van der Waals surface area (Å²) in [4.78, 5) is 13.9. The maximum atomic E-state index is 12.5. The van der Waals surface area contributed by atoms with Gasteiger partial charge in [0.05, 0.1) is 0 Å². The fourth-order valence-electron chi connectivity index (χ4n) is 3.02. The van der Waals surface area contributed by atoms with Crippen LogP contribution in [0.5, 0.6) is 0 Å². The summed E-state index contributed by atoms with van der Waals surface area (Å²) in [5, 5.41) is 3.68. The van der Waals surface area contributed by atoms with Gasteiger partial charge in [0.2, 0.25) is 15.9 Å². The second-order valence-corrected chi connectivity index (χ2v) is 7.85. The minimum atomic E-state index is -3.71. The highest BCUT2D eigenvalue weighted by Gasteiger charge is 2.24. The first kappa shape index (κ1) is 17.6. The van der Waals surface area contributed by atoms with Gasteiger partial charge in [0.15, 0.2) is 5.76 Å². The van der Waals surface area contributed by atoms with Crippen LogP contribution in [0.2, 0.25) is 0 Å². The van der Waals surface area contributed by atoms with Crippen LogP contribution in [0.4, 0.5) is 5.69 Å². The van der Waals surface area contributed by atoms with Crippen LogP contribution in [0, 0.1) is 13.8 Å². The lowest BCUT2D eigenvalue weighted by atomic mass is 10.1. The average Bonchev–Trinajstić information content (AvgIpc) is 2.93. The van der Waals surface area contributed by atoms with Crippen LogP contribution in [0.1, 0.15) is 36.3 Å². The number of piperidine rings is 1. The van der Waals surface area contributed by atoms with E-state index in [1.54, 1.807) is 18.7 Å².